The zero-order chi connectivity index (χ0) is 34.1. The fourth-order valence-corrected chi connectivity index (χ4v) is 9.40. The first-order valence-electron chi connectivity index (χ1n) is 17.4. The van der Waals surface area contributed by atoms with E-state index >= 15 is 0 Å². The molecule has 14 heteroatoms. The predicted octanol–water partition coefficient (Wildman–Crippen LogP) is 4.05. The molecule has 6 rings (SSSR count). The van der Waals surface area contributed by atoms with Gasteiger partial charge in [-0.25, -0.2) is 14.4 Å². The number of hydrogen-bond acceptors (Lipinski definition) is 9. The zero-order valence-electron chi connectivity index (χ0n) is 28.6. The number of carbonyl (C=O) groups is 1. The molecule has 0 bridgehead atoms. The van der Waals surface area contributed by atoms with Crippen molar-refractivity contribution in [3.63, 3.8) is 0 Å². The number of aromatic nitrogens is 2. The van der Waals surface area contributed by atoms with E-state index in [4.69, 9.17) is 9.47 Å². The summed E-state index contributed by atoms with van der Waals surface area (Å²) >= 11 is 0. The first-order valence-corrected chi connectivity index (χ1v) is 18.9. The Hall–Kier alpha value is -2.91. The van der Waals surface area contributed by atoms with E-state index in [2.05, 4.69) is 24.5 Å². The van der Waals surface area contributed by atoms with Crippen LogP contribution in [0.4, 0.5) is 10.2 Å². The second kappa shape index (κ2) is 14.5. The van der Waals surface area contributed by atoms with Gasteiger partial charge in [-0.05, 0) is 97.5 Å². The molecule has 0 radical (unpaired) electrons. The normalized spacial score (nSPS) is 25.0. The molecule has 4 saturated heterocycles. The molecule has 48 heavy (non-hydrogen) atoms. The number of halogens is 1. The van der Waals surface area contributed by atoms with Gasteiger partial charge in [-0.2, -0.15) is 17.4 Å². The second-order valence-electron chi connectivity index (χ2n) is 14.2. The Morgan fingerprint density at radius 3 is 2.58 bits per heavy atom. The Kier molecular flexibility index (Phi) is 10.6. The van der Waals surface area contributed by atoms with Gasteiger partial charge >= 0.3 is 0 Å². The van der Waals surface area contributed by atoms with Gasteiger partial charge in [0.2, 0.25) is 0 Å². The van der Waals surface area contributed by atoms with E-state index in [-0.39, 0.29) is 46.9 Å². The first-order chi connectivity index (χ1) is 23.0. The van der Waals surface area contributed by atoms with Gasteiger partial charge in [0.05, 0.1) is 24.5 Å². The van der Waals surface area contributed by atoms with Crippen LogP contribution in [0.15, 0.2) is 30.7 Å². The lowest BCUT2D eigenvalue weighted by Gasteiger charge is -2.54. The van der Waals surface area contributed by atoms with Crippen LogP contribution in [0.1, 0.15) is 76.6 Å². The van der Waals surface area contributed by atoms with E-state index in [0.717, 1.165) is 71.2 Å². The van der Waals surface area contributed by atoms with Crippen LogP contribution in [0, 0.1) is 11.2 Å². The average Bonchev–Trinajstić information content (AvgIpc) is 3.49. The van der Waals surface area contributed by atoms with Gasteiger partial charge in [-0.15, -0.1) is 0 Å². The number of anilines is 1. The van der Waals surface area contributed by atoms with Gasteiger partial charge in [-0.1, -0.05) is 0 Å². The monoisotopic (exact) mass is 687 g/mol. The molecule has 0 unspecified atom stereocenters. The molecular weight excluding hydrogens is 637 g/mol. The number of piperidine rings is 1. The number of rotatable bonds is 11. The molecule has 4 aliphatic rings. The number of amides is 1. The van der Waals surface area contributed by atoms with Crippen LogP contribution in [-0.2, 0) is 14.9 Å². The highest BCUT2D eigenvalue weighted by atomic mass is 32.2. The Labute approximate surface area is 284 Å². The van der Waals surface area contributed by atoms with Gasteiger partial charge in [0.1, 0.15) is 17.9 Å². The third kappa shape index (κ3) is 7.62. The molecule has 1 spiro atoms. The quantitative estimate of drug-likeness (QED) is 0.373. The van der Waals surface area contributed by atoms with Crippen molar-refractivity contribution < 1.29 is 27.1 Å². The van der Waals surface area contributed by atoms with Gasteiger partial charge in [0.25, 0.3) is 16.1 Å². The van der Waals surface area contributed by atoms with Crippen LogP contribution in [0.5, 0.6) is 11.5 Å². The maximum Gasteiger partial charge on any atom is 0.280 e. The number of carbonyl (C=O) groups excluding carboxylic acids is 1. The van der Waals surface area contributed by atoms with Gasteiger partial charge in [-0.3, -0.25) is 4.79 Å². The minimum absolute atomic E-state index is 0.0440. The van der Waals surface area contributed by atoms with E-state index in [1.54, 1.807) is 15.4 Å². The number of ether oxygens (including phenoxy) is 2. The minimum Gasteiger partial charge on any atom is -0.451 e. The molecule has 264 valence electrons. The van der Waals surface area contributed by atoms with E-state index in [1.807, 2.05) is 27.7 Å². The molecule has 1 aromatic heterocycles. The summed E-state index contributed by atoms with van der Waals surface area (Å²) in [6.45, 7) is 13.7. The van der Waals surface area contributed by atoms with Gasteiger partial charge in [0.15, 0.2) is 11.6 Å². The SMILES string of the molecule is CCN(C(=O)c1cc(F)ccc1Oc1cncnc1N1CC2(CCN(C[C@@H]3CC[C@@H](NS(=O)(=O)N4CCC[C@H]4C)CO3)CC2)C1)C(C)C. The van der Waals surface area contributed by atoms with Crippen LogP contribution < -0.4 is 14.4 Å². The van der Waals surface area contributed by atoms with Crippen LogP contribution in [0.25, 0.3) is 0 Å². The predicted molar refractivity (Wildman–Crippen MR) is 181 cm³/mol. The van der Waals surface area contributed by atoms with Crippen LogP contribution in [0.2, 0.25) is 0 Å². The van der Waals surface area contributed by atoms with E-state index < -0.39 is 16.0 Å². The fraction of sp³-hybridized carbons (Fsp3) is 0.676. The number of nitrogens with one attached hydrogen (secondary N) is 1. The van der Waals surface area contributed by atoms with Crippen LogP contribution >= 0.6 is 0 Å². The summed E-state index contributed by atoms with van der Waals surface area (Å²) in [4.78, 5) is 28.4. The summed E-state index contributed by atoms with van der Waals surface area (Å²) in [5, 5.41) is 0. The van der Waals surface area contributed by atoms with Crippen molar-refractivity contribution in [3.8, 4) is 11.5 Å². The molecule has 3 atom stereocenters. The molecule has 5 heterocycles. The van der Waals surface area contributed by atoms with E-state index in [0.29, 0.717) is 31.3 Å². The standard InChI is InChI=1S/C34H50FN7O5S/c1-5-41(24(2)3)33(43)29-17-26(35)8-11-30(29)47-31-18-36-23-37-32(31)40-21-34(22-40)12-15-39(16-13-34)19-28-10-9-27(20-46-28)38-48(44,45)42-14-6-7-25(42)4/h8,11,17-18,23-25,27-28,38H,5-7,9-10,12-16,19-22H2,1-4H3/t25-,27-,28+/m1/s1. The minimum atomic E-state index is -3.48. The van der Waals surface area contributed by atoms with Crippen molar-refractivity contribution >= 4 is 21.9 Å². The van der Waals surface area contributed by atoms with Crippen molar-refractivity contribution in [1.29, 1.82) is 0 Å². The maximum atomic E-state index is 14.3. The molecule has 4 aliphatic heterocycles. The van der Waals surface area contributed by atoms with Gasteiger partial charge in [0, 0.05) is 56.3 Å². The lowest BCUT2D eigenvalue weighted by atomic mass is 9.72. The highest BCUT2D eigenvalue weighted by molar-refractivity contribution is 7.87. The summed E-state index contributed by atoms with van der Waals surface area (Å²) in [6, 6.07) is 3.84. The van der Waals surface area contributed by atoms with Gasteiger partial charge < -0.3 is 24.2 Å². The third-order valence-electron chi connectivity index (χ3n) is 10.5. The van der Waals surface area contributed by atoms with Crippen LogP contribution in [0.3, 0.4) is 0 Å². The largest absolute Gasteiger partial charge is 0.451 e. The molecule has 1 N–H and O–H groups in total. The number of nitrogens with zero attached hydrogens (tertiary/aromatic N) is 6. The van der Waals surface area contributed by atoms with E-state index in [1.165, 1.54) is 24.5 Å². The highest BCUT2D eigenvalue weighted by Crippen LogP contribution is 2.45. The zero-order valence-corrected chi connectivity index (χ0v) is 29.4. The smallest absolute Gasteiger partial charge is 0.280 e. The molecular formula is C34H50FN7O5S. The average molecular weight is 688 g/mol. The topological polar surface area (TPSA) is 120 Å². The molecule has 0 aliphatic carbocycles. The highest BCUT2D eigenvalue weighted by Gasteiger charge is 2.46. The molecule has 2 aromatic rings. The van der Waals surface area contributed by atoms with E-state index in [9.17, 15) is 17.6 Å². The number of likely N-dealkylation sites (tertiary alicyclic amines) is 1. The lowest BCUT2D eigenvalue weighted by Crippen LogP contribution is -2.61. The molecule has 1 amide bonds. The molecule has 12 nitrogen and oxygen atoms in total. The number of hydrogen-bond donors (Lipinski definition) is 1. The number of benzene rings is 1. The Balaban J connectivity index is 0.996. The Morgan fingerprint density at radius 1 is 1.17 bits per heavy atom. The van der Waals surface area contributed by atoms with Crippen molar-refractivity contribution in [2.45, 2.75) is 90.4 Å². The maximum absolute atomic E-state index is 14.3. The molecule has 4 fully saturated rings. The van der Waals surface area contributed by atoms with Crippen molar-refractivity contribution in [2.24, 2.45) is 5.41 Å². The Morgan fingerprint density at radius 2 is 1.94 bits per heavy atom. The van der Waals surface area contributed by atoms with Crippen LogP contribution in [-0.4, -0.2) is 115 Å². The summed E-state index contributed by atoms with van der Waals surface area (Å²) in [5.74, 6) is 0.584. The molecule has 0 saturated carbocycles. The third-order valence-corrected chi connectivity index (χ3v) is 12.3. The van der Waals surface area contributed by atoms with Crippen molar-refractivity contribution in [3.05, 3.63) is 42.1 Å². The van der Waals surface area contributed by atoms with Crippen molar-refractivity contribution in [1.82, 2.24) is 28.8 Å². The summed E-state index contributed by atoms with van der Waals surface area (Å²) < 4.78 is 56.8. The summed E-state index contributed by atoms with van der Waals surface area (Å²) in [6.07, 6.45) is 8.77. The Bertz CT molecular complexity index is 1540. The fourth-order valence-electron chi connectivity index (χ4n) is 7.71. The summed E-state index contributed by atoms with van der Waals surface area (Å²) in [5.41, 5.74) is 0.362. The second-order valence-corrected chi connectivity index (χ2v) is 15.9. The van der Waals surface area contributed by atoms with Crippen molar-refractivity contribution in [2.75, 3.05) is 57.3 Å². The first kappa shape index (κ1) is 34.9. The summed E-state index contributed by atoms with van der Waals surface area (Å²) in [7, 11) is -3.48. The lowest BCUT2D eigenvalue weighted by molar-refractivity contribution is -0.0301. The molecule has 1 aromatic carbocycles.